The van der Waals surface area contributed by atoms with Crippen LogP contribution in [-0.2, 0) is 0 Å². The summed E-state index contributed by atoms with van der Waals surface area (Å²) in [6.07, 6.45) is 2.98. The Labute approximate surface area is 130 Å². The Kier molecular flexibility index (Phi) is 4.49. The summed E-state index contributed by atoms with van der Waals surface area (Å²) in [5, 5.41) is 22.2. The van der Waals surface area contributed by atoms with E-state index in [1.165, 1.54) is 0 Å². The number of hydrogen-bond acceptors (Lipinski definition) is 5. The molecule has 1 fully saturated rings. The van der Waals surface area contributed by atoms with Crippen LogP contribution in [0.2, 0.25) is 0 Å². The molecule has 1 aromatic carbocycles. The third-order valence-electron chi connectivity index (χ3n) is 4.67. The minimum Gasteiger partial charge on any atom is -0.393 e. The van der Waals surface area contributed by atoms with Gasteiger partial charge in [-0.1, -0.05) is 24.6 Å². The number of para-hydroxylation sites is 1. The highest BCUT2D eigenvalue weighted by Gasteiger charge is 2.29. The molecule has 1 heterocycles. The molecule has 22 heavy (non-hydrogen) atoms. The van der Waals surface area contributed by atoms with Gasteiger partial charge < -0.3 is 5.11 Å². The lowest BCUT2D eigenvalue weighted by Crippen LogP contribution is -2.33. The molecule has 0 saturated heterocycles. The highest BCUT2D eigenvalue weighted by atomic mass is 16.3. The quantitative estimate of drug-likeness (QED) is 0.912. The normalized spacial score (nSPS) is 23.1. The maximum atomic E-state index is 10.0. The average molecular weight is 301 g/mol. The van der Waals surface area contributed by atoms with Crippen molar-refractivity contribution in [1.82, 2.24) is 25.1 Å². The van der Waals surface area contributed by atoms with Crippen molar-refractivity contribution < 1.29 is 5.11 Å². The van der Waals surface area contributed by atoms with Crippen molar-refractivity contribution in [2.24, 2.45) is 5.92 Å². The van der Waals surface area contributed by atoms with Gasteiger partial charge in [-0.3, -0.25) is 4.90 Å². The molecular formula is C16H23N5O. The van der Waals surface area contributed by atoms with Gasteiger partial charge in [-0.2, -0.15) is 4.68 Å². The van der Waals surface area contributed by atoms with Gasteiger partial charge in [0.25, 0.3) is 0 Å². The summed E-state index contributed by atoms with van der Waals surface area (Å²) in [6, 6.07) is 10.0. The van der Waals surface area contributed by atoms with E-state index in [4.69, 9.17) is 0 Å². The van der Waals surface area contributed by atoms with Gasteiger partial charge in [-0.05, 0) is 55.3 Å². The van der Waals surface area contributed by atoms with E-state index >= 15 is 0 Å². The van der Waals surface area contributed by atoms with E-state index in [0.717, 1.165) is 37.3 Å². The molecule has 2 aromatic rings. The second kappa shape index (κ2) is 6.54. The largest absolute Gasteiger partial charge is 0.393 e. The van der Waals surface area contributed by atoms with Gasteiger partial charge in [0.1, 0.15) is 0 Å². The van der Waals surface area contributed by atoms with Crippen LogP contribution >= 0.6 is 0 Å². The number of aliphatic hydroxyl groups excluding tert-OH is 1. The van der Waals surface area contributed by atoms with Crippen LogP contribution in [0.1, 0.15) is 38.1 Å². The molecule has 6 heteroatoms. The Hall–Kier alpha value is -1.79. The molecule has 6 nitrogen and oxygen atoms in total. The number of hydrogen-bond donors (Lipinski definition) is 1. The van der Waals surface area contributed by atoms with Crippen molar-refractivity contribution in [3.05, 3.63) is 36.2 Å². The van der Waals surface area contributed by atoms with Gasteiger partial charge in [0, 0.05) is 6.54 Å². The van der Waals surface area contributed by atoms with Crippen LogP contribution in [0.15, 0.2) is 30.3 Å². The van der Waals surface area contributed by atoms with Crippen molar-refractivity contribution in [1.29, 1.82) is 0 Å². The Morgan fingerprint density at radius 2 is 2.09 bits per heavy atom. The molecule has 1 aliphatic carbocycles. The number of rotatable bonds is 5. The Balaban J connectivity index is 1.75. The number of benzene rings is 1. The summed E-state index contributed by atoms with van der Waals surface area (Å²) in [6.45, 7) is 2.97. The SMILES string of the molecule is CC(c1nnnn1-c1ccccc1)N(C)CC1CCCC1O. The van der Waals surface area contributed by atoms with Crippen molar-refractivity contribution in [2.45, 2.75) is 38.3 Å². The van der Waals surface area contributed by atoms with Crippen LogP contribution in [0, 0.1) is 5.92 Å². The van der Waals surface area contributed by atoms with Gasteiger partial charge in [-0.15, -0.1) is 5.10 Å². The second-order valence-corrected chi connectivity index (χ2v) is 6.16. The number of tetrazole rings is 1. The molecule has 0 amide bonds. The average Bonchev–Trinajstić information content (AvgIpc) is 3.17. The van der Waals surface area contributed by atoms with Crippen LogP contribution in [0.3, 0.4) is 0 Å². The summed E-state index contributed by atoms with van der Waals surface area (Å²) >= 11 is 0. The summed E-state index contributed by atoms with van der Waals surface area (Å²) < 4.78 is 1.78. The summed E-state index contributed by atoms with van der Waals surface area (Å²) in [7, 11) is 2.07. The van der Waals surface area contributed by atoms with Crippen molar-refractivity contribution in [3.63, 3.8) is 0 Å². The number of aromatic nitrogens is 4. The monoisotopic (exact) mass is 301 g/mol. The molecule has 1 aliphatic rings. The Morgan fingerprint density at radius 1 is 1.32 bits per heavy atom. The molecule has 118 valence electrons. The van der Waals surface area contributed by atoms with E-state index in [-0.39, 0.29) is 12.1 Å². The molecule has 0 aliphatic heterocycles. The predicted octanol–water partition coefficient (Wildman–Crippen LogP) is 1.82. The van der Waals surface area contributed by atoms with E-state index in [2.05, 4.69) is 34.4 Å². The first-order valence-corrected chi connectivity index (χ1v) is 7.89. The minimum absolute atomic E-state index is 0.0861. The molecule has 3 atom stereocenters. The fraction of sp³-hybridized carbons (Fsp3) is 0.562. The van der Waals surface area contributed by atoms with Crippen LogP contribution in [-0.4, -0.2) is 49.9 Å². The van der Waals surface area contributed by atoms with Crippen LogP contribution < -0.4 is 0 Å². The molecular weight excluding hydrogens is 278 g/mol. The first-order chi connectivity index (χ1) is 10.7. The minimum atomic E-state index is -0.167. The Morgan fingerprint density at radius 3 is 2.77 bits per heavy atom. The zero-order valence-corrected chi connectivity index (χ0v) is 13.1. The molecule has 1 aromatic heterocycles. The lowest BCUT2D eigenvalue weighted by molar-refractivity contribution is 0.0974. The van der Waals surface area contributed by atoms with Gasteiger partial charge in [0.2, 0.25) is 0 Å². The third kappa shape index (κ3) is 3.03. The maximum Gasteiger partial charge on any atom is 0.173 e. The topological polar surface area (TPSA) is 67.1 Å². The first-order valence-electron chi connectivity index (χ1n) is 7.89. The molecule has 0 radical (unpaired) electrons. The van der Waals surface area contributed by atoms with Gasteiger partial charge in [0.15, 0.2) is 5.82 Å². The third-order valence-corrected chi connectivity index (χ3v) is 4.67. The van der Waals surface area contributed by atoms with Crippen LogP contribution in [0.5, 0.6) is 0 Å². The van der Waals surface area contributed by atoms with Crippen molar-refractivity contribution in [3.8, 4) is 5.69 Å². The highest BCUT2D eigenvalue weighted by Crippen LogP contribution is 2.28. The zero-order valence-electron chi connectivity index (χ0n) is 13.1. The first kappa shape index (κ1) is 15.1. The summed E-state index contributed by atoms with van der Waals surface area (Å²) in [4.78, 5) is 2.23. The van der Waals surface area contributed by atoms with Gasteiger partial charge in [-0.25, -0.2) is 0 Å². The highest BCUT2D eigenvalue weighted by molar-refractivity contribution is 5.30. The van der Waals surface area contributed by atoms with E-state index in [1.54, 1.807) is 4.68 Å². The van der Waals surface area contributed by atoms with Gasteiger partial charge >= 0.3 is 0 Å². The molecule has 0 spiro atoms. The molecule has 0 bridgehead atoms. The van der Waals surface area contributed by atoms with E-state index in [0.29, 0.717) is 5.92 Å². The molecule has 3 rings (SSSR count). The van der Waals surface area contributed by atoms with E-state index in [1.807, 2.05) is 30.3 Å². The molecule has 1 N–H and O–H groups in total. The molecule has 1 saturated carbocycles. The van der Waals surface area contributed by atoms with Crippen LogP contribution in [0.25, 0.3) is 5.69 Å². The van der Waals surface area contributed by atoms with Crippen molar-refractivity contribution >= 4 is 0 Å². The van der Waals surface area contributed by atoms with Crippen molar-refractivity contribution in [2.75, 3.05) is 13.6 Å². The fourth-order valence-electron chi connectivity index (χ4n) is 3.16. The van der Waals surface area contributed by atoms with E-state index < -0.39 is 0 Å². The summed E-state index contributed by atoms with van der Waals surface area (Å²) in [5.74, 6) is 1.18. The van der Waals surface area contributed by atoms with Crippen LogP contribution in [0.4, 0.5) is 0 Å². The summed E-state index contributed by atoms with van der Waals surface area (Å²) in [5.41, 5.74) is 0.962. The number of nitrogens with zero attached hydrogens (tertiary/aromatic N) is 5. The maximum absolute atomic E-state index is 10.0. The lowest BCUT2D eigenvalue weighted by atomic mass is 10.0. The standard InChI is InChI=1S/C16H23N5O/c1-12(20(2)11-13-7-6-10-15(13)22)16-17-18-19-21(16)14-8-4-3-5-9-14/h3-5,8-9,12-13,15,22H,6-7,10-11H2,1-2H3. The zero-order chi connectivity index (χ0) is 15.5. The lowest BCUT2D eigenvalue weighted by Gasteiger charge is -2.27. The fourth-order valence-corrected chi connectivity index (χ4v) is 3.16. The second-order valence-electron chi connectivity index (χ2n) is 6.16. The van der Waals surface area contributed by atoms with Gasteiger partial charge in [0.05, 0.1) is 17.8 Å². The number of aliphatic hydroxyl groups is 1. The Bertz CT molecular complexity index is 600. The van der Waals surface area contributed by atoms with E-state index in [9.17, 15) is 5.11 Å². The smallest absolute Gasteiger partial charge is 0.173 e. The predicted molar refractivity (Wildman–Crippen MR) is 83.5 cm³/mol. The molecule has 3 unspecified atom stereocenters.